The minimum absolute atomic E-state index is 0.0571. The molecule has 6 rings (SSSR count). The molecule has 8 heteroatoms. The summed E-state index contributed by atoms with van der Waals surface area (Å²) in [6, 6.07) is 10.1. The highest BCUT2D eigenvalue weighted by atomic mass is 35.5. The molecule has 1 aromatic heterocycles. The molecule has 2 saturated carbocycles. The number of rotatable bonds is 8. The second-order valence-corrected chi connectivity index (χ2v) is 13.0. The van der Waals surface area contributed by atoms with Gasteiger partial charge in [0.15, 0.2) is 0 Å². The normalized spacial score (nSPS) is 27.2. The maximum Gasteiger partial charge on any atom is 0.266 e. The van der Waals surface area contributed by atoms with Crippen LogP contribution in [0.5, 0.6) is 0 Å². The SMILES string of the molecule is O=C1/C(=C/c2oc(-c3ccc(Cl)cc3)cc2CCCCN2CCNCC2)SC(=S)N1C1CC2CCC1C2. The van der Waals surface area contributed by atoms with Gasteiger partial charge in [-0.2, -0.15) is 0 Å². The van der Waals surface area contributed by atoms with Gasteiger partial charge >= 0.3 is 0 Å². The number of nitrogens with one attached hydrogen (secondary N) is 1. The first-order valence-corrected chi connectivity index (χ1v) is 15.2. The number of benzene rings is 1. The van der Waals surface area contributed by atoms with Crippen LogP contribution in [0.3, 0.4) is 0 Å². The molecule has 3 heterocycles. The molecule has 3 unspecified atom stereocenters. The first-order valence-electron chi connectivity index (χ1n) is 13.6. The molecule has 0 spiro atoms. The van der Waals surface area contributed by atoms with E-state index in [0.29, 0.717) is 20.2 Å². The second kappa shape index (κ2) is 11.2. The number of hydrogen-bond donors (Lipinski definition) is 1. The summed E-state index contributed by atoms with van der Waals surface area (Å²) in [5.41, 5.74) is 2.14. The Morgan fingerprint density at radius 3 is 2.68 bits per heavy atom. The van der Waals surface area contributed by atoms with Gasteiger partial charge in [-0.1, -0.05) is 42.0 Å². The zero-order valence-corrected chi connectivity index (χ0v) is 23.5. The molecule has 1 aromatic carbocycles. The van der Waals surface area contributed by atoms with Crippen molar-refractivity contribution in [2.45, 2.75) is 51.0 Å². The highest BCUT2D eigenvalue weighted by molar-refractivity contribution is 8.26. The van der Waals surface area contributed by atoms with E-state index in [1.807, 2.05) is 35.2 Å². The largest absolute Gasteiger partial charge is 0.456 e. The molecule has 4 aliphatic rings. The number of hydrogen-bond acceptors (Lipinski definition) is 6. The molecule has 2 saturated heterocycles. The van der Waals surface area contributed by atoms with Crippen LogP contribution in [0.4, 0.5) is 0 Å². The van der Waals surface area contributed by atoms with E-state index < -0.39 is 0 Å². The van der Waals surface area contributed by atoms with Crippen LogP contribution >= 0.6 is 35.6 Å². The molecule has 5 nitrogen and oxygen atoms in total. The van der Waals surface area contributed by atoms with Crippen LogP contribution in [-0.4, -0.2) is 58.8 Å². The Labute approximate surface area is 234 Å². The van der Waals surface area contributed by atoms with Crippen molar-refractivity contribution in [1.82, 2.24) is 15.1 Å². The first-order chi connectivity index (χ1) is 18.0. The summed E-state index contributed by atoms with van der Waals surface area (Å²) in [5.74, 6) is 3.02. The molecular formula is C29H34ClN3O2S2. The quantitative estimate of drug-likeness (QED) is 0.237. The van der Waals surface area contributed by atoms with E-state index >= 15 is 0 Å². The maximum atomic E-state index is 13.5. The minimum atomic E-state index is 0.0571. The Kier molecular flexibility index (Phi) is 7.78. The highest BCUT2D eigenvalue weighted by Crippen LogP contribution is 2.49. The Morgan fingerprint density at radius 1 is 1.14 bits per heavy atom. The van der Waals surface area contributed by atoms with Gasteiger partial charge in [0.2, 0.25) is 0 Å². The number of piperazine rings is 1. The molecule has 1 N–H and O–H groups in total. The Hall–Kier alpha value is -1.64. The summed E-state index contributed by atoms with van der Waals surface area (Å²) in [5, 5.41) is 4.12. The number of thiocarbonyl (C=S) groups is 1. The summed E-state index contributed by atoms with van der Waals surface area (Å²) in [4.78, 5) is 18.7. The molecule has 3 atom stereocenters. The van der Waals surface area contributed by atoms with Gasteiger partial charge in [0.25, 0.3) is 5.91 Å². The molecule has 4 fully saturated rings. The van der Waals surface area contributed by atoms with Crippen LogP contribution < -0.4 is 5.32 Å². The summed E-state index contributed by atoms with van der Waals surface area (Å²) in [7, 11) is 0. The van der Waals surface area contributed by atoms with Crippen LogP contribution in [-0.2, 0) is 11.2 Å². The number of aryl methyl sites for hydroxylation is 1. The van der Waals surface area contributed by atoms with Crippen molar-refractivity contribution >= 4 is 51.9 Å². The lowest BCUT2D eigenvalue weighted by Gasteiger charge is -2.30. The molecule has 196 valence electrons. The number of nitrogens with zero attached hydrogens (tertiary/aromatic N) is 2. The molecule has 2 bridgehead atoms. The number of amides is 1. The molecular weight excluding hydrogens is 522 g/mol. The fourth-order valence-corrected chi connectivity index (χ4v) is 7.98. The first kappa shape index (κ1) is 25.6. The van der Waals surface area contributed by atoms with Crippen LogP contribution in [0, 0.1) is 11.8 Å². The van der Waals surface area contributed by atoms with Gasteiger partial charge in [0, 0.05) is 48.9 Å². The standard InChI is InChI=1S/C29H34ClN3O2S2/c30-23-8-6-20(7-9-23)25-17-22(3-1-2-12-32-13-10-31-11-14-32)26(35-25)18-27-28(34)33(29(36)37-27)24-16-19-4-5-21(24)15-19/h6-9,17-19,21,24,31H,1-5,10-16H2/b27-18-. The maximum absolute atomic E-state index is 13.5. The summed E-state index contributed by atoms with van der Waals surface area (Å²) < 4.78 is 7.08. The van der Waals surface area contributed by atoms with Crippen molar-refractivity contribution in [3.63, 3.8) is 0 Å². The molecule has 1 amide bonds. The number of furan rings is 1. The minimum Gasteiger partial charge on any atom is -0.456 e. The van der Waals surface area contributed by atoms with E-state index in [9.17, 15) is 4.79 Å². The molecule has 2 aromatic rings. The number of carbonyl (C=O) groups is 1. The van der Waals surface area contributed by atoms with Crippen molar-refractivity contribution < 1.29 is 9.21 Å². The zero-order valence-electron chi connectivity index (χ0n) is 21.1. The fraction of sp³-hybridized carbons (Fsp3) is 0.517. The van der Waals surface area contributed by atoms with Gasteiger partial charge in [-0.25, -0.2) is 0 Å². The molecule has 2 aliphatic carbocycles. The topological polar surface area (TPSA) is 48.7 Å². The summed E-state index contributed by atoms with van der Waals surface area (Å²) in [6.07, 6.45) is 9.98. The van der Waals surface area contributed by atoms with Crippen molar-refractivity contribution in [3.8, 4) is 11.3 Å². The average molecular weight is 556 g/mol. The summed E-state index contributed by atoms with van der Waals surface area (Å²) in [6.45, 7) is 5.54. The van der Waals surface area contributed by atoms with Gasteiger partial charge in [0.1, 0.15) is 15.8 Å². The highest BCUT2D eigenvalue weighted by Gasteiger charge is 2.48. The van der Waals surface area contributed by atoms with Gasteiger partial charge in [-0.3, -0.25) is 9.69 Å². The summed E-state index contributed by atoms with van der Waals surface area (Å²) >= 11 is 13.3. The van der Waals surface area contributed by atoms with E-state index in [1.54, 1.807) is 0 Å². The Balaban J connectivity index is 1.20. The van der Waals surface area contributed by atoms with E-state index in [1.165, 1.54) is 31.0 Å². The number of fused-ring (bicyclic) bond motifs is 2. The third-order valence-electron chi connectivity index (χ3n) is 8.47. The zero-order chi connectivity index (χ0) is 25.4. The smallest absolute Gasteiger partial charge is 0.266 e. The van der Waals surface area contributed by atoms with Crippen molar-refractivity contribution in [1.29, 1.82) is 0 Å². The average Bonchev–Trinajstić information content (AvgIpc) is 3.68. The van der Waals surface area contributed by atoms with Crippen LogP contribution in [0.15, 0.2) is 39.7 Å². The Morgan fingerprint density at radius 2 is 1.95 bits per heavy atom. The third-order valence-corrected chi connectivity index (χ3v) is 10.1. The van der Waals surface area contributed by atoms with E-state index in [0.717, 1.165) is 87.0 Å². The third kappa shape index (κ3) is 5.57. The van der Waals surface area contributed by atoms with Crippen molar-refractivity contribution in [2.75, 3.05) is 32.7 Å². The molecule has 2 aliphatic heterocycles. The van der Waals surface area contributed by atoms with Gasteiger partial charge in [0.05, 0.1) is 4.91 Å². The lowest BCUT2D eigenvalue weighted by molar-refractivity contribution is -0.124. The van der Waals surface area contributed by atoms with Crippen LogP contribution in [0.2, 0.25) is 5.02 Å². The number of carbonyl (C=O) groups excluding carboxylic acids is 1. The van der Waals surface area contributed by atoms with E-state index in [-0.39, 0.29) is 11.9 Å². The van der Waals surface area contributed by atoms with Gasteiger partial charge in [-0.15, -0.1) is 0 Å². The van der Waals surface area contributed by atoms with Crippen molar-refractivity contribution in [2.24, 2.45) is 11.8 Å². The lowest BCUT2D eigenvalue weighted by Crippen LogP contribution is -2.43. The fourth-order valence-electron chi connectivity index (χ4n) is 6.51. The van der Waals surface area contributed by atoms with Crippen LogP contribution in [0.25, 0.3) is 17.4 Å². The second-order valence-electron chi connectivity index (χ2n) is 10.8. The number of thioether (sulfide) groups is 1. The van der Waals surface area contributed by atoms with E-state index in [4.69, 9.17) is 28.2 Å². The monoisotopic (exact) mass is 555 g/mol. The van der Waals surface area contributed by atoms with Crippen LogP contribution in [0.1, 0.15) is 49.8 Å². The predicted molar refractivity (Wildman–Crippen MR) is 156 cm³/mol. The number of halogens is 1. The van der Waals surface area contributed by atoms with E-state index in [2.05, 4.69) is 16.3 Å². The number of unbranched alkanes of at least 4 members (excludes halogenated alkanes) is 1. The predicted octanol–water partition coefficient (Wildman–Crippen LogP) is 6.22. The van der Waals surface area contributed by atoms with Gasteiger partial charge < -0.3 is 14.6 Å². The lowest BCUT2D eigenvalue weighted by atomic mass is 9.94. The van der Waals surface area contributed by atoms with Crippen molar-refractivity contribution in [3.05, 3.63) is 51.6 Å². The molecule has 0 radical (unpaired) electrons. The molecule has 37 heavy (non-hydrogen) atoms. The Bertz CT molecular complexity index is 1190. The van der Waals surface area contributed by atoms with Gasteiger partial charge in [-0.05, 0) is 92.8 Å².